The first-order chi connectivity index (χ1) is 32.6. The normalized spacial score (nSPS) is 12.5. The minimum atomic E-state index is -5.21. The van der Waals surface area contributed by atoms with Gasteiger partial charge in [-0.1, -0.05) is 0 Å². The highest BCUT2D eigenvalue weighted by Gasteiger charge is 2.28. The molecule has 69 heavy (non-hydrogen) atoms. The predicted octanol–water partition coefficient (Wildman–Crippen LogP) is 11.7. The van der Waals surface area contributed by atoms with Gasteiger partial charge in [-0.2, -0.15) is 52.3 Å². The van der Waals surface area contributed by atoms with E-state index >= 15 is 0 Å². The first kappa shape index (κ1) is 46.8. The van der Waals surface area contributed by atoms with Gasteiger partial charge >= 0.3 is 5.97 Å². The number of benzene rings is 7. The second-order valence-corrected chi connectivity index (χ2v) is 18.2. The van der Waals surface area contributed by atoms with Crippen LogP contribution in [0.5, 0.6) is 11.5 Å². The molecule has 8 rings (SSSR count). The van der Waals surface area contributed by atoms with Crippen LogP contribution in [-0.4, -0.2) is 62.2 Å². The van der Waals surface area contributed by atoms with Gasteiger partial charge in [-0.3, -0.25) is 9.11 Å². The van der Waals surface area contributed by atoms with Crippen LogP contribution in [0.25, 0.3) is 27.5 Å². The first-order valence-electron chi connectivity index (χ1n) is 20.1. The van der Waals surface area contributed by atoms with Gasteiger partial charge < -0.3 is 21.1 Å². The Hall–Kier alpha value is -8.71. The minimum absolute atomic E-state index is 0.223. The lowest BCUT2D eigenvalue weighted by Gasteiger charge is -2.12. The standard InChI is InChI=1S/C45H36N12O10S2/c1-22-18-37(52-54-42-40(68(62,63)64)21-32-31(43(42)59)11-13-35(44(32)69(65,66)67)50-47-27-7-5-26(46)6-8-27)23(2)17-36(22)51-49-29-15-24(3)41(25(4)16-29)53-48-28-9-12-34-38(19-28)56-57(55-34)30-10-14-39(58)33(20-30)45(60)61/h5-21,58-59H,46H2,1-4H3,(H,60,61)(H,62,63,64)(H,65,66,67). The lowest BCUT2D eigenvalue weighted by Crippen LogP contribution is -2.03. The molecule has 0 fully saturated rings. The van der Waals surface area contributed by atoms with Crippen LogP contribution in [0, 0.1) is 27.7 Å². The number of nitrogens with two attached hydrogens (primary N) is 1. The number of anilines is 1. The SMILES string of the molecule is Cc1cc(N=Nc2c(S(=O)(=O)O)cc3c(S(=O)(=O)O)c(N=Nc4ccc(N)cc4)ccc3c2O)c(C)cc1N=Nc1cc(C)c(N=Nc2ccc3nn(-c4ccc(O)c(C(=O)O)c4)nc3c2)c(C)c1. The molecule has 0 atom stereocenters. The summed E-state index contributed by atoms with van der Waals surface area (Å²) >= 11 is 0. The van der Waals surface area contributed by atoms with Crippen molar-refractivity contribution in [2.24, 2.45) is 40.9 Å². The number of carboxylic acid groups (broad SMARTS) is 1. The Labute approximate surface area is 391 Å². The number of azo groups is 4. The van der Waals surface area contributed by atoms with E-state index in [0.717, 1.165) is 23.3 Å². The van der Waals surface area contributed by atoms with Gasteiger partial charge in [0, 0.05) is 16.5 Å². The third kappa shape index (κ3) is 9.89. The lowest BCUT2D eigenvalue weighted by atomic mass is 10.1. The zero-order valence-electron chi connectivity index (χ0n) is 36.4. The Balaban J connectivity index is 1.03. The van der Waals surface area contributed by atoms with Gasteiger partial charge in [0.2, 0.25) is 0 Å². The molecular formula is C45H36N12O10S2. The van der Waals surface area contributed by atoms with Crippen LogP contribution in [0.1, 0.15) is 32.6 Å². The zero-order valence-corrected chi connectivity index (χ0v) is 38.0. The van der Waals surface area contributed by atoms with E-state index in [1.54, 1.807) is 56.3 Å². The van der Waals surface area contributed by atoms with Crippen molar-refractivity contribution in [1.82, 2.24) is 15.0 Å². The van der Waals surface area contributed by atoms with Gasteiger partial charge in [0.1, 0.15) is 43.5 Å². The fourth-order valence-electron chi connectivity index (χ4n) is 7.05. The molecule has 22 nitrogen and oxygen atoms in total. The molecular weight excluding hydrogens is 933 g/mol. The van der Waals surface area contributed by atoms with E-state index in [0.29, 0.717) is 56.3 Å². The number of nitrogens with zero attached hydrogens (tertiary/aromatic N) is 11. The number of phenols is 2. The molecule has 8 aromatic rings. The van der Waals surface area contributed by atoms with Gasteiger partial charge in [0.25, 0.3) is 20.2 Å². The van der Waals surface area contributed by atoms with Crippen molar-refractivity contribution in [2.45, 2.75) is 37.5 Å². The molecule has 0 aliphatic carbocycles. The van der Waals surface area contributed by atoms with E-state index < -0.39 is 58.5 Å². The van der Waals surface area contributed by atoms with Crippen LogP contribution in [-0.2, 0) is 20.2 Å². The summed E-state index contributed by atoms with van der Waals surface area (Å²) in [6, 6.07) is 25.0. The number of aromatic hydroxyl groups is 2. The number of fused-ring (bicyclic) bond motifs is 2. The maximum atomic E-state index is 12.7. The summed E-state index contributed by atoms with van der Waals surface area (Å²) in [5, 5.41) is 72.4. The van der Waals surface area contributed by atoms with Crippen molar-refractivity contribution in [2.75, 3.05) is 5.73 Å². The molecule has 0 amide bonds. The number of carboxylic acids is 1. The molecule has 1 aromatic heterocycles. The Morgan fingerprint density at radius 1 is 0.551 bits per heavy atom. The summed E-state index contributed by atoms with van der Waals surface area (Å²) in [4.78, 5) is 10.8. The van der Waals surface area contributed by atoms with E-state index in [-0.39, 0.29) is 28.1 Å². The second kappa shape index (κ2) is 18.2. The molecule has 0 unspecified atom stereocenters. The van der Waals surface area contributed by atoms with Crippen LogP contribution in [0.4, 0.5) is 51.2 Å². The molecule has 0 spiro atoms. The highest BCUT2D eigenvalue weighted by atomic mass is 32.2. The molecule has 0 radical (unpaired) electrons. The summed E-state index contributed by atoms with van der Waals surface area (Å²) in [5.74, 6) is -2.54. The predicted molar refractivity (Wildman–Crippen MR) is 252 cm³/mol. The molecule has 348 valence electrons. The number of carbonyl (C=O) groups is 1. The molecule has 24 heteroatoms. The van der Waals surface area contributed by atoms with Crippen molar-refractivity contribution < 1.29 is 46.1 Å². The lowest BCUT2D eigenvalue weighted by molar-refractivity contribution is 0.0693. The fraction of sp³-hybridized carbons (Fsp3) is 0.0889. The number of nitrogen functional groups attached to an aromatic ring is 1. The maximum absolute atomic E-state index is 12.7. The first-order valence-corrected chi connectivity index (χ1v) is 23.0. The van der Waals surface area contributed by atoms with E-state index in [9.17, 15) is 46.1 Å². The monoisotopic (exact) mass is 968 g/mol. The van der Waals surface area contributed by atoms with Crippen molar-refractivity contribution >= 4 is 99.2 Å². The van der Waals surface area contributed by atoms with E-state index in [4.69, 9.17) is 5.73 Å². The molecule has 0 saturated carbocycles. The van der Waals surface area contributed by atoms with Crippen molar-refractivity contribution in [1.29, 1.82) is 0 Å². The second-order valence-electron chi connectivity index (χ2n) is 15.4. The smallest absolute Gasteiger partial charge is 0.339 e. The molecule has 1 heterocycles. The fourth-order valence-corrected chi connectivity index (χ4v) is 8.52. The number of rotatable bonds is 12. The molecule has 7 N–H and O–H groups in total. The molecule has 0 saturated heterocycles. The van der Waals surface area contributed by atoms with Gasteiger partial charge in [-0.05, 0) is 153 Å². The summed E-state index contributed by atoms with van der Waals surface area (Å²) in [6.07, 6.45) is 0. The van der Waals surface area contributed by atoms with Crippen LogP contribution < -0.4 is 5.73 Å². The van der Waals surface area contributed by atoms with Gasteiger partial charge in [0.05, 0.1) is 39.8 Å². The third-order valence-electron chi connectivity index (χ3n) is 10.5. The number of aromatic nitrogens is 3. The van der Waals surface area contributed by atoms with E-state index in [1.165, 1.54) is 53.3 Å². The van der Waals surface area contributed by atoms with Crippen molar-refractivity contribution in [3.8, 4) is 17.2 Å². The third-order valence-corrected chi connectivity index (χ3v) is 12.3. The summed E-state index contributed by atoms with van der Waals surface area (Å²) in [6.45, 7) is 7.09. The van der Waals surface area contributed by atoms with E-state index in [1.807, 2.05) is 13.8 Å². The average Bonchev–Trinajstić information content (AvgIpc) is 3.71. The van der Waals surface area contributed by atoms with Crippen LogP contribution in [0.3, 0.4) is 0 Å². The Kier molecular flexibility index (Phi) is 12.3. The highest BCUT2D eigenvalue weighted by Crippen LogP contribution is 2.46. The highest BCUT2D eigenvalue weighted by molar-refractivity contribution is 7.86. The van der Waals surface area contributed by atoms with Gasteiger partial charge in [0.15, 0.2) is 5.75 Å². The quantitative estimate of drug-likeness (QED) is 0.0377. The van der Waals surface area contributed by atoms with Gasteiger partial charge in [-0.25, -0.2) is 4.79 Å². The Morgan fingerprint density at radius 2 is 1.13 bits per heavy atom. The maximum Gasteiger partial charge on any atom is 0.339 e. The van der Waals surface area contributed by atoms with Crippen molar-refractivity contribution in [3.05, 3.63) is 131 Å². The minimum Gasteiger partial charge on any atom is -0.507 e. The largest absolute Gasteiger partial charge is 0.507 e. The molecule has 0 aliphatic rings. The summed E-state index contributed by atoms with van der Waals surface area (Å²) in [7, 11) is -10.4. The number of aryl methyl sites for hydroxylation is 4. The molecule has 7 aromatic carbocycles. The molecule has 0 aliphatic heterocycles. The van der Waals surface area contributed by atoms with E-state index in [2.05, 4.69) is 51.1 Å². The Morgan fingerprint density at radius 3 is 1.77 bits per heavy atom. The Bertz CT molecular complexity index is 3780. The van der Waals surface area contributed by atoms with Gasteiger partial charge in [-0.15, -0.1) is 20.4 Å². The topological polar surface area (TPSA) is 342 Å². The van der Waals surface area contributed by atoms with Crippen LogP contribution in [0.15, 0.2) is 154 Å². The summed E-state index contributed by atoms with van der Waals surface area (Å²) in [5.41, 5.74) is 11.2. The number of hydrogen-bond donors (Lipinski definition) is 6. The number of aromatic carboxylic acids is 1. The zero-order chi connectivity index (χ0) is 49.5. The van der Waals surface area contributed by atoms with Crippen molar-refractivity contribution in [3.63, 3.8) is 0 Å². The van der Waals surface area contributed by atoms with Crippen LogP contribution in [0.2, 0.25) is 0 Å². The molecule has 0 bridgehead atoms. The average molecular weight is 969 g/mol. The number of phenolic OH excluding ortho intramolecular Hbond substituents is 1. The van der Waals surface area contributed by atoms with Crippen LogP contribution >= 0.6 is 0 Å². The summed E-state index contributed by atoms with van der Waals surface area (Å²) < 4.78 is 71.2. The number of hydrogen-bond acceptors (Lipinski definition) is 18.